The van der Waals surface area contributed by atoms with E-state index in [9.17, 15) is 0 Å². The summed E-state index contributed by atoms with van der Waals surface area (Å²) in [5.74, 6) is 0. The number of hydrogen-bond donors (Lipinski definition) is 0. The van der Waals surface area contributed by atoms with Crippen LogP contribution in [-0.4, -0.2) is 26.6 Å². The molecule has 10 heavy (non-hydrogen) atoms. The van der Waals surface area contributed by atoms with E-state index in [2.05, 4.69) is 0 Å². The summed E-state index contributed by atoms with van der Waals surface area (Å²) in [6, 6.07) is 0. The van der Waals surface area contributed by atoms with Crippen molar-refractivity contribution in [1.29, 1.82) is 0 Å². The summed E-state index contributed by atoms with van der Waals surface area (Å²) in [5, 5.41) is 0. The molecule has 0 aromatic carbocycles. The van der Waals surface area contributed by atoms with Crippen molar-refractivity contribution in [3.05, 3.63) is 0 Å². The third-order valence-corrected chi connectivity index (χ3v) is 0. The van der Waals surface area contributed by atoms with Crippen molar-refractivity contribution in [2.45, 2.75) is 0 Å². The van der Waals surface area contributed by atoms with Crippen LogP contribution in [0.2, 0.25) is 0 Å². The molecule has 0 radical (unpaired) electrons. The van der Waals surface area contributed by atoms with Gasteiger partial charge in [0.25, 0.3) is 0 Å². The van der Waals surface area contributed by atoms with Crippen molar-refractivity contribution in [2.24, 2.45) is 0 Å². The minimum Gasteiger partial charge on any atom is -0.784 e. The Morgan fingerprint density at radius 2 is 0.800 bits per heavy atom. The fourth-order valence-electron chi connectivity index (χ4n) is 0. The van der Waals surface area contributed by atoms with Gasteiger partial charge in [-0.25, -0.2) is 0 Å². The summed E-state index contributed by atoms with van der Waals surface area (Å²) in [5.41, 5.74) is 0. The molecule has 0 amide bonds. The van der Waals surface area contributed by atoms with Crippen LogP contribution in [0.5, 0.6) is 0 Å². The third-order valence-electron chi connectivity index (χ3n) is 0. The molecule has 0 rings (SSSR count). The summed E-state index contributed by atoms with van der Waals surface area (Å²) in [6.45, 7) is 0. The predicted octanol–water partition coefficient (Wildman–Crippen LogP) is -8.00. The normalized spacial score (nSPS) is 7.00. The smallest absolute Gasteiger partial charge is 0.784 e. The van der Waals surface area contributed by atoms with Crippen LogP contribution in [0.3, 0.4) is 0 Å². The fraction of sp³-hybridized carbons (Fsp3) is 0. The van der Waals surface area contributed by atoms with Gasteiger partial charge in [0.05, 0.1) is 0 Å². The number of rotatable bonds is 0. The molecule has 0 saturated carbocycles. The molecule has 0 atom stereocenters. The van der Waals surface area contributed by atoms with Gasteiger partial charge in [0.2, 0.25) is 0 Å². The standard InChI is InChI=1S/K.Na.2H2O3S/c;;2*1-4(2)3/h;;2*(H2,1,2,3)/q2*+1;;/p-4. The molecule has 0 fully saturated rings. The maximum atomic E-state index is 8.44. The molecule has 0 aromatic rings. The Kier molecular flexibility index (Phi) is 40.8. The molecule has 0 aliphatic carbocycles. The van der Waals surface area contributed by atoms with Gasteiger partial charge in [-0.2, -0.15) is 0 Å². The molecule has 0 saturated heterocycles. The van der Waals surface area contributed by atoms with Crippen molar-refractivity contribution in [1.82, 2.24) is 0 Å². The van der Waals surface area contributed by atoms with E-state index < -0.39 is 22.7 Å². The molecule has 0 N–H and O–H groups in total. The molecule has 10 heteroatoms. The quantitative estimate of drug-likeness (QED) is 0.296. The van der Waals surface area contributed by atoms with Gasteiger partial charge >= 0.3 is 80.9 Å². The van der Waals surface area contributed by atoms with Crippen molar-refractivity contribution in [3.8, 4) is 0 Å². The van der Waals surface area contributed by atoms with Crippen LogP contribution in [0.1, 0.15) is 0 Å². The molecule has 6 nitrogen and oxygen atoms in total. The van der Waals surface area contributed by atoms with Crippen LogP contribution in [0.15, 0.2) is 0 Å². The maximum absolute atomic E-state index is 8.44. The maximum Gasteiger partial charge on any atom is 1.00 e. The van der Waals surface area contributed by atoms with Crippen LogP contribution in [0.4, 0.5) is 0 Å². The van der Waals surface area contributed by atoms with Gasteiger partial charge in [0, 0.05) is 0 Å². The van der Waals surface area contributed by atoms with Crippen LogP contribution >= 0.6 is 0 Å². The second-order valence-electron chi connectivity index (χ2n) is 0.408. The Morgan fingerprint density at radius 1 is 0.800 bits per heavy atom. The van der Waals surface area contributed by atoms with E-state index in [1.165, 1.54) is 0 Å². The first-order chi connectivity index (χ1) is 3.46. The van der Waals surface area contributed by atoms with E-state index in [0.29, 0.717) is 0 Å². The van der Waals surface area contributed by atoms with Gasteiger partial charge in [-0.15, -0.1) is 22.7 Å². The zero-order chi connectivity index (χ0) is 7.15. The topological polar surface area (TPSA) is 126 Å². The van der Waals surface area contributed by atoms with E-state index in [4.69, 9.17) is 26.6 Å². The Hall–Kier alpha value is 2.78. The summed E-state index contributed by atoms with van der Waals surface area (Å²) in [6.07, 6.45) is 0. The van der Waals surface area contributed by atoms with Gasteiger partial charge in [0.1, 0.15) is 0 Å². The first-order valence-corrected chi connectivity index (χ1v) is 3.00. The summed E-state index contributed by atoms with van der Waals surface area (Å²) in [4.78, 5) is 0. The van der Waals surface area contributed by atoms with Gasteiger partial charge in [-0.05, 0) is 0 Å². The Balaban J connectivity index is -0.0000000300. The zero-order valence-electron chi connectivity index (χ0n) is 5.27. The van der Waals surface area contributed by atoms with Crippen LogP contribution < -0.4 is 80.9 Å². The second-order valence-corrected chi connectivity index (χ2v) is 1.22. The molecule has 0 spiro atoms. The fourth-order valence-corrected chi connectivity index (χ4v) is 0. The molecule has 0 aliphatic rings. The van der Waals surface area contributed by atoms with E-state index >= 15 is 0 Å². The SMILES string of the molecule is O=S([O-])[O-].O=S([O-])[O-].[K+].[Na+]. The van der Waals surface area contributed by atoms with Crippen molar-refractivity contribution >= 4 is 22.7 Å². The molecular weight excluding hydrogens is 222 g/mol. The van der Waals surface area contributed by atoms with E-state index in [0.717, 1.165) is 0 Å². The second kappa shape index (κ2) is 17.8. The van der Waals surface area contributed by atoms with Crippen molar-refractivity contribution < 1.29 is 108 Å². The molecule has 52 valence electrons. The number of hydrogen-bond acceptors (Lipinski definition) is 6. The minimum atomic E-state index is -3.11. The monoisotopic (exact) mass is 222 g/mol. The van der Waals surface area contributed by atoms with E-state index in [-0.39, 0.29) is 80.9 Å². The summed E-state index contributed by atoms with van der Waals surface area (Å²) >= 11 is -6.22. The van der Waals surface area contributed by atoms with Gasteiger partial charge in [0.15, 0.2) is 0 Å². The van der Waals surface area contributed by atoms with Crippen LogP contribution in [-0.2, 0) is 22.7 Å². The Morgan fingerprint density at radius 3 is 0.800 bits per heavy atom. The van der Waals surface area contributed by atoms with Gasteiger partial charge in [-0.1, -0.05) is 0 Å². The molecule has 0 bridgehead atoms. The van der Waals surface area contributed by atoms with Crippen molar-refractivity contribution in [3.63, 3.8) is 0 Å². The van der Waals surface area contributed by atoms with Gasteiger partial charge in [-0.3, -0.25) is 8.42 Å². The van der Waals surface area contributed by atoms with Crippen LogP contribution in [0.25, 0.3) is 0 Å². The molecule has 0 aromatic heterocycles. The summed E-state index contributed by atoms with van der Waals surface area (Å²) < 4.78 is 50.7. The molecular formula is KNaO6S2-2. The molecule has 0 aliphatic heterocycles. The minimum absolute atomic E-state index is 0. The van der Waals surface area contributed by atoms with Gasteiger partial charge < -0.3 is 18.2 Å². The largest absolute Gasteiger partial charge is 1.00 e. The average Bonchev–Trinajstić information content (AvgIpc) is 1.25. The Labute approximate surface area is 127 Å². The zero-order valence-corrected chi connectivity index (χ0v) is 12.0. The molecule has 0 unspecified atom stereocenters. The first-order valence-electron chi connectivity index (χ1n) is 1.00. The Bertz CT molecular complexity index is 73.7. The van der Waals surface area contributed by atoms with Crippen LogP contribution in [0, 0.1) is 0 Å². The summed E-state index contributed by atoms with van der Waals surface area (Å²) in [7, 11) is 0. The first kappa shape index (κ1) is 23.0. The molecule has 0 heterocycles. The third kappa shape index (κ3) is 134. The van der Waals surface area contributed by atoms with E-state index in [1.807, 2.05) is 0 Å². The average molecular weight is 222 g/mol. The predicted molar refractivity (Wildman–Crippen MR) is 19.4 cm³/mol. The van der Waals surface area contributed by atoms with Crippen molar-refractivity contribution in [2.75, 3.05) is 0 Å². The van der Waals surface area contributed by atoms with E-state index in [1.54, 1.807) is 0 Å².